The van der Waals surface area contributed by atoms with Gasteiger partial charge in [0, 0.05) is 46.4 Å². The predicted octanol–water partition coefficient (Wildman–Crippen LogP) is 3.94. The number of fused-ring (bicyclic) bond motifs is 1. The number of nitrogens with zero attached hydrogens (tertiary/aromatic N) is 4. The molecule has 2 aromatic heterocycles. The number of pyridine rings is 2. The lowest BCUT2D eigenvalue weighted by atomic mass is 10.1. The summed E-state index contributed by atoms with van der Waals surface area (Å²) in [5.41, 5.74) is 8.81. The Hall–Kier alpha value is -2.11. The van der Waals surface area contributed by atoms with E-state index in [1.54, 1.807) is 12.5 Å². The predicted molar refractivity (Wildman–Crippen MR) is 134 cm³/mol. The summed E-state index contributed by atoms with van der Waals surface area (Å²) >= 11 is 3.45. The number of morpholine rings is 1. The van der Waals surface area contributed by atoms with Crippen LogP contribution >= 0.6 is 15.9 Å². The molecule has 8 nitrogen and oxygen atoms in total. The summed E-state index contributed by atoms with van der Waals surface area (Å²) in [7, 11) is -2.68. The number of anilines is 1. The lowest BCUT2D eigenvalue weighted by molar-refractivity contribution is 0.0986. The second-order valence-corrected chi connectivity index (χ2v) is 11.6. The molecule has 10 heteroatoms. The number of nitrogens with one attached hydrogen (secondary N) is 2. The molecule has 0 saturated carbocycles. The van der Waals surface area contributed by atoms with Gasteiger partial charge in [0.1, 0.15) is 5.82 Å². The largest absolute Gasteiger partial charge is 0.377 e. The van der Waals surface area contributed by atoms with Crippen molar-refractivity contribution < 1.29 is 8.95 Å². The minimum atomic E-state index is -2.68. The highest BCUT2D eigenvalue weighted by molar-refractivity contribution is 9.10. The van der Waals surface area contributed by atoms with Crippen molar-refractivity contribution in [3.05, 3.63) is 52.8 Å². The zero-order valence-electron chi connectivity index (χ0n) is 18.6. The molecular formula is C23H27BrN6O2S. The molecule has 2 unspecified atom stereocenters. The van der Waals surface area contributed by atoms with Gasteiger partial charge in [0.05, 0.1) is 51.9 Å². The van der Waals surface area contributed by atoms with Gasteiger partial charge in [-0.2, -0.15) is 4.36 Å². The standard InChI is InChI=1S/C23H27BrN6O2S/c1-15-14-32-12-11-30(15)21-13-20(29-33(2,31)17-5-3-16(24)4-6-17)18-7-9-25-23(22(18)27-21)19-8-10-26-28-19/h3-7,9,13,15,19,26,28H,8,10-12,14H2,1-2H3/t15-,19?,33?/m1/s1. The molecule has 2 aliphatic rings. The maximum Gasteiger partial charge on any atom is 0.131 e. The van der Waals surface area contributed by atoms with Crippen LogP contribution in [0.3, 0.4) is 0 Å². The van der Waals surface area contributed by atoms with Crippen molar-refractivity contribution in [2.75, 3.05) is 37.5 Å². The van der Waals surface area contributed by atoms with E-state index in [1.807, 2.05) is 36.4 Å². The van der Waals surface area contributed by atoms with Gasteiger partial charge in [-0.3, -0.25) is 10.4 Å². The quantitative estimate of drug-likeness (QED) is 0.527. The minimum absolute atomic E-state index is 0.0591. The van der Waals surface area contributed by atoms with Crippen LogP contribution in [-0.2, 0) is 14.5 Å². The van der Waals surface area contributed by atoms with E-state index in [2.05, 4.69) is 43.6 Å². The maximum atomic E-state index is 13.7. The lowest BCUT2D eigenvalue weighted by Gasteiger charge is -2.34. The number of benzene rings is 1. The Morgan fingerprint density at radius 1 is 1.27 bits per heavy atom. The van der Waals surface area contributed by atoms with Crippen LogP contribution in [0.5, 0.6) is 0 Å². The second kappa shape index (κ2) is 9.27. The van der Waals surface area contributed by atoms with E-state index in [0.29, 0.717) is 23.8 Å². The molecule has 5 rings (SSSR count). The molecule has 0 bridgehead atoms. The SMILES string of the molecule is C[C@@H]1COCCN1c1cc(N=S(C)(=O)c2ccc(Br)cc2)c2ccnc(C3CCNN3)c2n1. The summed E-state index contributed by atoms with van der Waals surface area (Å²) < 4.78 is 25.1. The van der Waals surface area contributed by atoms with Gasteiger partial charge in [-0.15, -0.1) is 0 Å². The van der Waals surface area contributed by atoms with E-state index in [-0.39, 0.29) is 12.1 Å². The van der Waals surface area contributed by atoms with Crippen LogP contribution in [-0.4, -0.2) is 52.8 Å². The Morgan fingerprint density at radius 2 is 2.09 bits per heavy atom. The van der Waals surface area contributed by atoms with Crippen LogP contribution < -0.4 is 15.8 Å². The number of hydrogen-bond donors (Lipinski definition) is 2. The normalized spacial score (nSPS) is 22.9. The summed E-state index contributed by atoms with van der Waals surface area (Å²) in [6.07, 6.45) is 4.39. The molecule has 1 aromatic carbocycles. The smallest absolute Gasteiger partial charge is 0.131 e. The highest BCUT2D eigenvalue weighted by atomic mass is 79.9. The summed E-state index contributed by atoms with van der Waals surface area (Å²) in [5.74, 6) is 0.809. The molecule has 2 fully saturated rings. The van der Waals surface area contributed by atoms with Crippen LogP contribution in [0.25, 0.3) is 10.9 Å². The van der Waals surface area contributed by atoms with Gasteiger partial charge >= 0.3 is 0 Å². The molecule has 2 saturated heterocycles. The molecule has 174 valence electrons. The van der Waals surface area contributed by atoms with Crippen molar-refractivity contribution in [2.24, 2.45) is 4.36 Å². The van der Waals surface area contributed by atoms with Crippen molar-refractivity contribution >= 4 is 48.1 Å². The molecule has 0 amide bonds. The van der Waals surface area contributed by atoms with Gasteiger partial charge in [0.15, 0.2) is 0 Å². The average molecular weight is 531 g/mol. The average Bonchev–Trinajstić information content (AvgIpc) is 3.34. The van der Waals surface area contributed by atoms with Crippen molar-refractivity contribution in [1.82, 2.24) is 20.8 Å². The number of hydrogen-bond acceptors (Lipinski definition) is 8. The van der Waals surface area contributed by atoms with E-state index >= 15 is 0 Å². The Labute approximate surface area is 202 Å². The maximum absolute atomic E-state index is 13.7. The number of ether oxygens (including phenoxy) is 1. The third kappa shape index (κ3) is 4.63. The fourth-order valence-corrected chi connectivity index (χ4v) is 5.84. The molecule has 3 atom stereocenters. The first kappa shape index (κ1) is 22.7. The Bertz CT molecular complexity index is 1290. The van der Waals surface area contributed by atoms with Crippen LogP contribution in [0.15, 0.2) is 56.3 Å². The van der Waals surface area contributed by atoms with Crippen LogP contribution in [0, 0.1) is 0 Å². The first-order chi connectivity index (χ1) is 15.9. The van der Waals surface area contributed by atoms with Gasteiger partial charge in [0.2, 0.25) is 0 Å². The van der Waals surface area contributed by atoms with E-state index in [1.165, 1.54) is 0 Å². The van der Waals surface area contributed by atoms with Crippen LogP contribution in [0.4, 0.5) is 11.5 Å². The van der Waals surface area contributed by atoms with E-state index in [9.17, 15) is 4.21 Å². The van der Waals surface area contributed by atoms with Gasteiger partial charge in [0.25, 0.3) is 0 Å². The Balaban J connectivity index is 1.72. The van der Waals surface area contributed by atoms with Crippen molar-refractivity contribution in [3.8, 4) is 0 Å². The fourth-order valence-electron chi connectivity index (χ4n) is 4.30. The van der Waals surface area contributed by atoms with Crippen LogP contribution in [0.2, 0.25) is 0 Å². The zero-order chi connectivity index (χ0) is 23.0. The summed E-state index contributed by atoms with van der Waals surface area (Å²) in [5, 5.41) is 0.852. The van der Waals surface area contributed by atoms with Gasteiger partial charge < -0.3 is 9.64 Å². The zero-order valence-corrected chi connectivity index (χ0v) is 21.0. The fraction of sp³-hybridized carbons (Fsp3) is 0.391. The third-order valence-electron chi connectivity index (χ3n) is 6.07. The van der Waals surface area contributed by atoms with Gasteiger partial charge in [-0.25, -0.2) is 14.6 Å². The van der Waals surface area contributed by atoms with Crippen molar-refractivity contribution in [1.29, 1.82) is 0 Å². The van der Waals surface area contributed by atoms with Crippen molar-refractivity contribution in [2.45, 2.75) is 30.3 Å². The van der Waals surface area contributed by atoms with Gasteiger partial charge in [-0.05, 0) is 43.7 Å². The third-order valence-corrected chi connectivity index (χ3v) is 8.29. The highest BCUT2D eigenvalue weighted by Crippen LogP contribution is 2.35. The molecule has 33 heavy (non-hydrogen) atoms. The van der Waals surface area contributed by atoms with Crippen molar-refractivity contribution in [3.63, 3.8) is 0 Å². The summed E-state index contributed by atoms with van der Waals surface area (Å²) in [6.45, 7) is 5.02. The van der Waals surface area contributed by atoms with E-state index < -0.39 is 9.73 Å². The van der Waals surface area contributed by atoms with E-state index in [0.717, 1.165) is 46.4 Å². The molecule has 2 aliphatic heterocycles. The summed E-state index contributed by atoms with van der Waals surface area (Å²) in [6, 6.07) is 11.6. The first-order valence-electron chi connectivity index (χ1n) is 11.0. The number of aromatic nitrogens is 2. The Morgan fingerprint density at radius 3 is 2.82 bits per heavy atom. The molecule has 3 aromatic rings. The molecule has 0 radical (unpaired) electrons. The molecular weight excluding hydrogens is 504 g/mol. The van der Waals surface area contributed by atoms with E-state index in [4.69, 9.17) is 14.1 Å². The first-order valence-corrected chi connectivity index (χ1v) is 13.7. The molecule has 0 aliphatic carbocycles. The minimum Gasteiger partial charge on any atom is -0.377 e. The molecule has 4 heterocycles. The monoisotopic (exact) mass is 530 g/mol. The lowest BCUT2D eigenvalue weighted by Crippen LogP contribution is -2.44. The highest BCUT2D eigenvalue weighted by Gasteiger charge is 2.25. The number of halogens is 1. The molecule has 2 N–H and O–H groups in total. The molecule has 0 spiro atoms. The second-order valence-electron chi connectivity index (χ2n) is 8.47. The Kier molecular flexibility index (Phi) is 6.37. The number of hydrazine groups is 1. The topological polar surface area (TPSA) is 91.7 Å². The van der Waals surface area contributed by atoms with Crippen LogP contribution in [0.1, 0.15) is 25.1 Å². The van der Waals surface area contributed by atoms with Gasteiger partial charge in [-0.1, -0.05) is 15.9 Å². The summed E-state index contributed by atoms with van der Waals surface area (Å²) in [4.78, 5) is 12.6. The number of rotatable bonds is 4.